The van der Waals surface area contributed by atoms with Crippen LogP contribution in [0.1, 0.15) is 21.7 Å². The minimum atomic E-state index is -0.239. The third-order valence-electron chi connectivity index (χ3n) is 3.02. The summed E-state index contributed by atoms with van der Waals surface area (Å²) in [5.74, 6) is 0.942. The van der Waals surface area contributed by atoms with Gasteiger partial charge in [0.1, 0.15) is 12.4 Å². The molecule has 3 rings (SSSR count). The van der Waals surface area contributed by atoms with E-state index in [1.54, 1.807) is 41.5 Å². The van der Waals surface area contributed by atoms with Crippen molar-refractivity contribution in [3.63, 3.8) is 0 Å². The molecule has 0 bridgehead atoms. The molecule has 3 aromatic heterocycles. The van der Waals surface area contributed by atoms with Gasteiger partial charge in [-0.15, -0.1) is 0 Å². The van der Waals surface area contributed by atoms with E-state index in [4.69, 9.17) is 0 Å². The van der Waals surface area contributed by atoms with Gasteiger partial charge in [0.15, 0.2) is 5.82 Å². The van der Waals surface area contributed by atoms with Crippen LogP contribution >= 0.6 is 0 Å². The van der Waals surface area contributed by atoms with E-state index in [0.717, 1.165) is 5.56 Å². The van der Waals surface area contributed by atoms with Gasteiger partial charge < -0.3 is 5.32 Å². The van der Waals surface area contributed by atoms with Gasteiger partial charge in [0.2, 0.25) is 0 Å². The van der Waals surface area contributed by atoms with Gasteiger partial charge in [0.25, 0.3) is 5.91 Å². The van der Waals surface area contributed by atoms with Crippen molar-refractivity contribution in [3.8, 4) is 0 Å². The molecule has 0 radical (unpaired) electrons. The number of rotatable bonds is 4. The van der Waals surface area contributed by atoms with E-state index in [-0.39, 0.29) is 5.91 Å². The van der Waals surface area contributed by atoms with Crippen LogP contribution in [-0.4, -0.2) is 30.6 Å². The molecular weight excluding hydrogens is 280 g/mol. The number of nitrogens with one attached hydrogen (secondary N) is 1. The topological polar surface area (TPSA) is 85.6 Å². The lowest BCUT2D eigenvalue weighted by molar-refractivity contribution is 0.102. The number of aryl methyl sites for hydroxylation is 1. The van der Waals surface area contributed by atoms with E-state index in [0.29, 0.717) is 23.8 Å². The number of anilines is 1. The van der Waals surface area contributed by atoms with Crippen molar-refractivity contribution in [2.45, 2.75) is 13.5 Å². The predicted octanol–water partition coefficient (Wildman–Crippen LogP) is 1.68. The molecule has 0 saturated heterocycles. The van der Waals surface area contributed by atoms with Gasteiger partial charge in [0, 0.05) is 36.5 Å². The molecular formula is C15H14N6O. The third-order valence-corrected chi connectivity index (χ3v) is 3.02. The fourth-order valence-corrected chi connectivity index (χ4v) is 1.96. The van der Waals surface area contributed by atoms with E-state index in [9.17, 15) is 4.79 Å². The van der Waals surface area contributed by atoms with Crippen LogP contribution in [-0.2, 0) is 6.54 Å². The summed E-state index contributed by atoms with van der Waals surface area (Å²) < 4.78 is 1.70. The Labute approximate surface area is 127 Å². The van der Waals surface area contributed by atoms with Gasteiger partial charge in [-0.2, -0.15) is 5.10 Å². The number of carbonyl (C=O) groups is 1. The lowest BCUT2D eigenvalue weighted by Crippen LogP contribution is -2.13. The third kappa shape index (κ3) is 3.14. The monoisotopic (exact) mass is 294 g/mol. The summed E-state index contributed by atoms with van der Waals surface area (Å²) in [5.41, 5.74) is 1.36. The molecule has 7 heteroatoms. The Morgan fingerprint density at radius 2 is 2.05 bits per heavy atom. The van der Waals surface area contributed by atoms with Crippen LogP contribution in [0.4, 0.5) is 5.82 Å². The van der Waals surface area contributed by atoms with Crippen molar-refractivity contribution in [2.75, 3.05) is 5.32 Å². The summed E-state index contributed by atoms with van der Waals surface area (Å²) in [6, 6.07) is 5.18. The van der Waals surface area contributed by atoms with Gasteiger partial charge in [0.05, 0.1) is 5.56 Å². The fraction of sp³-hybridized carbons (Fsp3) is 0.133. The van der Waals surface area contributed by atoms with E-state index in [1.807, 2.05) is 13.1 Å². The highest BCUT2D eigenvalue weighted by Crippen LogP contribution is 2.13. The second-order valence-corrected chi connectivity index (χ2v) is 4.72. The summed E-state index contributed by atoms with van der Waals surface area (Å²) in [6.07, 6.45) is 8.35. The van der Waals surface area contributed by atoms with Crippen molar-refractivity contribution in [2.24, 2.45) is 0 Å². The molecule has 0 aliphatic rings. The molecule has 110 valence electrons. The van der Waals surface area contributed by atoms with Gasteiger partial charge in [-0.05, 0) is 25.1 Å². The maximum atomic E-state index is 12.1. The van der Waals surface area contributed by atoms with Gasteiger partial charge in [-0.3, -0.25) is 14.5 Å². The Balaban J connectivity index is 1.74. The van der Waals surface area contributed by atoms with Crippen molar-refractivity contribution in [1.82, 2.24) is 24.7 Å². The summed E-state index contributed by atoms with van der Waals surface area (Å²) in [6.45, 7) is 2.33. The highest BCUT2D eigenvalue weighted by atomic mass is 16.1. The minimum Gasteiger partial charge on any atom is -0.305 e. The molecule has 3 heterocycles. The standard InChI is InChI=1S/C15H14N6O/c1-11-9-21(10-13-17-6-3-7-18-13)20-14(11)19-15(22)12-4-2-5-16-8-12/h2-9H,10H2,1H3,(H,19,20,22). The number of nitrogens with zero attached hydrogens (tertiary/aromatic N) is 5. The zero-order chi connectivity index (χ0) is 15.4. The molecule has 1 amide bonds. The van der Waals surface area contributed by atoms with E-state index in [2.05, 4.69) is 25.4 Å². The van der Waals surface area contributed by atoms with Crippen LogP contribution in [0.25, 0.3) is 0 Å². The Hall–Kier alpha value is -3.09. The minimum absolute atomic E-state index is 0.239. The SMILES string of the molecule is Cc1cn(Cc2ncccn2)nc1NC(=O)c1cccnc1. The maximum absolute atomic E-state index is 12.1. The van der Waals surface area contributed by atoms with E-state index < -0.39 is 0 Å². The number of amides is 1. The zero-order valence-electron chi connectivity index (χ0n) is 12.0. The van der Waals surface area contributed by atoms with Crippen LogP contribution in [0, 0.1) is 6.92 Å². The predicted molar refractivity (Wildman–Crippen MR) is 80.3 cm³/mol. The highest BCUT2D eigenvalue weighted by Gasteiger charge is 2.11. The van der Waals surface area contributed by atoms with Crippen molar-refractivity contribution in [1.29, 1.82) is 0 Å². The van der Waals surface area contributed by atoms with Crippen LogP contribution < -0.4 is 5.32 Å². The summed E-state index contributed by atoms with van der Waals surface area (Å²) >= 11 is 0. The molecule has 0 spiro atoms. The first-order valence-corrected chi connectivity index (χ1v) is 6.74. The Morgan fingerprint density at radius 3 is 2.77 bits per heavy atom. The summed E-state index contributed by atoms with van der Waals surface area (Å²) in [7, 11) is 0. The van der Waals surface area contributed by atoms with Crippen molar-refractivity contribution < 1.29 is 4.79 Å². The van der Waals surface area contributed by atoms with Gasteiger partial charge in [-0.1, -0.05) is 0 Å². The maximum Gasteiger partial charge on any atom is 0.258 e. The first-order valence-electron chi connectivity index (χ1n) is 6.74. The quantitative estimate of drug-likeness (QED) is 0.791. The molecule has 0 aliphatic heterocycles. The Morgan fingerprint density at radius 1 is 1.23 bits per heavy atom. The molecule has 0 saturated carbocycles. The molecule has 0 aliphatic carbocycles. The number of aromatic nitrogens is 5. The van der Waals surface area contributed by atoms with Crippen molar-refractivity contribution in [3.05, 3.63) is 66.1 Å². The van der Waals surface area contributed by atoms with Crippen LogP contribution in [0.15, 0.2) is 49.2 Å². The van der Waals surface area contributed by atoms with Crippen molar-refractivity contribution >= 4 is 11.7 Å². The zero-order valence-corrected chi connectivity index (χ0v) is 12.0. The molecule has 22 heavy (non-hydrogen) atoms. The summed E-state index contributed by atoms with van der Waals surface area (Å²) in [4.78, 5) is 24.3. The first kappa shape index (κ1) is 13.9. The lowest BCUT2D eigenvalue weighted by Gasteiger charge is -2.02. The number of hydrogen-bond acceptors (Lipinski definition) is 5. The highest BCUT2D eigenvalue weighted by molar-refractivity contribution is 6.03. The molecule has 0 unspecified atom stereocenters. The lowest BCUT2D eigenvalue weighted by atomic mass is 10.2. The van der Waals surface area contributed by atoms with Crippen LogP contribution in [0.5, 0.6) is 0 Å². The molecule has 0 atom stereocenters. The molecule has 0 fully saturated rings. The number of pyridine rings is 1. The summed E-state index contributed by atoms with van der Waals surface area (Å²) in [5, 5.41) is 7.14. The normalized spacial score (nSPS) is 10.4. The first-order chi connectivity index (χ1) is 10.7. The smallest absolute Gasteiger partial charge is 0.258 e. The molecule has 7 nitrogen and oxygen atoms in total. The molecule has 3 aromatic rings. The average molecular weight is 294 g/mol. The Kier molecular flexibility index (Phi) is 3.86. The number of carbonyl (C=O) groups excluding carboxylic acids is 1. The Bertz CT molecular complexity index is 769. The molecule has 0 aromatic carbocycles. The van der Waals surface area contributed by atoms with E-state index in [1.165, 1.54) is 6.20 Å². The number of hydrogen-bond donors (Lipinski definition) is 1. The van der Waals surface area contributed by atoms with Gasteiger partial charge in [-0.25, -0.2) is 9.97 Å². The second kappa shape index (κ2) is 6.13. The van der Waals surface area contributed by atoms with Gasteiger partial charge >= 0.3 is 0 Å². The van der Waals surface area contributed by atoms with Crippen LogP contribution in [0.3, 0.4) is 0 Å². The van der Waals surface area contributed by atoms with E-state index >= 15 is 0 Å². The molecule has 1 N–H and O–H groups in total. The second-order valence-electron chi connectivity index (χ2n) is 4.72. The van der Waals surface area contributed by atoms with Crippen LogP contribution in [0.2, 0.25) is 0 Å². The largest absolute Gasteiger partial charge is 0.305 e. The average Bonchev–Trinajstić information content (AvgIpc) is 2.88. The fourth-order valence-electron chi connectivity index (χ4n) is 1.96.